The summed E-state index contributed by atoms with van der Waals surface area (Å²) in [6.45, 7) is 2.01. The number of fused-ring (bicyclic) bond motifs is 1. The van der Waals surface area contributed by atoms with Crippen molar-refractivity contribution in [2.75, 3.05) is 7.05 Å². The summed E-state index contributed by atoms with van der Waals surface area (Å²) in [5.74, 6) is -0.911. The second-order valence-electron chi connectivity index (χ2n) is 6.66. The van der Waals surface area contributed by atoms with Crippen molar-refractivity contribution in [3.63, 3.8) is 0 Å². The number of rotatable bonds is 3. The van der Waals surface area contributed by atoms with Crippen LogP contribution in [-0.4, -0.2) is 30.0 Å². The lowest BCUT2D eigenvalue weighted by Gasteiger charge is -2.09. The summed E-state index contributed by atoms with van der Waals surface area (Å²) >= 11 is 0. The fourth-order valence-corrected chi connectivity index (χ4v) is 2.74. The number of pyridine rings is 1. The van der Waals surface area contributed by atoms with E-state index in [-0.39, 0.29) is 11.4 Å². The Bertz CT molecular complexity index is 1150. The molecule has 0 unspecified atom stereocenters. The van der Waals surface area contributed by atoms with Gasteiger partial charge in [0.25, 0.3) is 5.91 Å². The SMILES string of the molecule is CN=C(/C=C(\N)C(F)(F)F)NC(=O)c1ccc2cc(-c3ccc(C)cc3)cnc2c1. The molecule has 1 heterocycles. The van der Waals surface area contributed by atoms with Crippen molar-refractivity contribution in [2.24, 2.45) is 10.7 Å². The van der Waals surface area contributed by atoms with Gasteiger partial charge in [-0.25, -0.2) is 0 Å². The van der Waals surface area contributed by atoms with Gasteiger partial charge in [0, 0.05) is 35.8 Å². The minimum absolute atomic E-state index is 0.234. The van der Waals surface area contributed by atoms with Crippen LogP contribution in [0.4, 0.5) is 13.2 Å². The molecule has 1 amide bonds. The number of carbonyl (C=O) groups is 1. The Labute approximate surface area is 171 Å². The molecule has 1 aromatic heterocycles. The molecule has 3 rings (SSSR count). The van der Waals surface area contributed by atoms with E-state index in [0.29, 0.717) is 11.6 Å². The predicted molar refractivity (Wildman–Crippen MR) is 111 cm³/mol. The summed E-state index contributed by atoms with van der Waals surface area (Å²) in [5.41, 5.74) is 7.56. The van der Waals surface area contributed by atoms with Crippen LogP contribution in [0.25, 0.3) is 22.0 Å². The number of carbonyl (C=O) groups excluding carboxylic acids is 1. The number of halogens is 3. The highest BCUT2D eigenvalue weighted by molar-refractivity contribution is 6.11. The van der Waals surface area contributed by atoms with Gasteiger partial charge in [-0.15, -0.1) is 0 Å². The number of amidine groups is 1. The smallest absolute Gasteiger partial charge is 0.395 e. The number of benzene rings is 2. The molecule has 5 nitrogen and oxygen atoms in total. The van der Waals surface area contributed by atoms with E-state index in [2.05, 4.69) is 15.3 Å². The van der Waals surface area contributed by atoms with Crippen molar-refractivity contribution in [1.82, 2.24) is 10.3 Å². The van der Waals surface area contributed by atoms with Crippen LogP contribution in [0.5, 0.6) is 0 Å². The summed E-state index contributed by atoms with van der Waals surface area (Å²) in [7, 11) is 1.25. The first kappa shape index (κ1) is 21.0. The first-order valence-electron chi connectivity index (χ1n) is 8.97. The van der Waals surface area contributed by atoms with Crippen molar-refractivity contribution < 1.29 is 18.0 Å². The van der Waals surface area contributed by atoms with E-state index in [0.717, 1.165) is 22.1 Å². The topological polar surface area (TPSA) is 80.4 Å². The molecule has 0 saturated heterocycles. The molecule has 2 aromatic carbocycles. The lowest BCUT2D eigenvalue weighted by Crippen LogP contribution is -2.31. The standard InChI is InChI=1S/C22H19F3N4O/c1-13-3-5-14(6-4-13)17-9-15-7-8-16(10-18(15)28-12-17)21(30)29-20(27-2)11-19(26)22(23,24)25/h3-12H,26H2,1-2H3,(H,27,29,30)/b19-11-. The van der Waals surface area contributed by atoms with Gasteiger partial charge in [0.05, 0.1) is 5.52 Å². The molecule has 0 spiro atoms. The number of nitrogens with zero attached hydrogens (tertiary/aromatic N) is 2. The van der Waals surface area contributed by atoms with Crippen LogP contribution >= 0.6 is 0 Å². The number of amides is 1. The Morgan fingerprint density at radius 3 is 2.43 bits per heavy atom. The van der Waals surface area contributed by atoms with Crippen LogP contribution in [0.15, 0.2) is 71.5 Å². The molecule has 0 bridgehead atoms. The Morgan fingerprint density at radius 1 is 1.10 bits per heavy atom. The Hall–Kier alpha value is -3.68. The minimum Gasteiger partial charge on any atom is -0.395 e. The van der Waals surface area contributed by atoms with Crippen LogP contribution in [0.2, 0.25) is 0 Å². The number of aromatic nitrogens is 1. The van der Waals surface area contributed by atoms with Crippen LogP contribution in [-0.2, 0) is 0 Å². The molecule has 30 heavy (non-hydrogen) atoms. The molecule has 3 N–H and O–H groups in total. The Balaban J connectivity index is 1.83. The third-order valence-corrected chi connectivity index (χ3v) is 4.43. The van der Waals surface area contributed by atoms with E-state index in [1.54, 1.807) is 24.4 Å². The summed E-state index contributed by atoms with van der Waals surface area (Å²) in [6.07, 6.45) is -2.42. The van der Waals surface area contributed by atoms with Gasteiger partial charge < -0.3 is 11.1 Å². The molecular formula is C22H19F3N4O. The monoisotopic (exact) mass is 412 g/mol. The summed E-state index contributed by atoms with van der Waals surface area (Å²) in [6, 6.07) is 14.9. The van der Waals surface area contributed by atoms with E-state index in [4.69, 9.17) is 5.73 Å². The maximum Gasteiger partial charge on any atom is 0.430 e. The maximum atomic E-state index is 12.6. The van der Waals surface area contributed by atoms with E-state index >= 15 is 0 Å². The summed E-state index contributed by atoms with van der Waals surface area (Å²) < 4.78 is 37.8. The zero-order chi connectivity index (χ0) is 21.9. The molecule has 0 aliphatic carbocycles. The quantitative estimate of drug-likeness (QED) is 0.495. The third kappa shape index (κ3) is 4.83. The number of alkyl halides is 3. The van der Waals surface area contributed by atoms with Gasteiger partial charge in [-0.05, 0) is 30.7 Å². The van der Waals surface area contributed by atoms with Crippen LogP contribution < -0.4 is 11.1 Å². The molecule has 0 saturated carbocycles. The zero-order valence-electron chi connectivity index (χ0n) is 16.3. The number of aliphatic imine (C=N–C) groups is 1. The largest absolute Gasteiger partial charge is 0.430 e. The first-order valence-corrected chi connectivity index (χ1v) is 8.97. The van der Waals surface area contributed by atoms with E-state index in [9.17, 15) is 18.0 Å². The van der Waals surface area contributed by atoms with Crippen molar-refractivity contribution in [1.29, 1.82) is 0 Å². The highest BCUT2D eigenvalue weighted by atomic mass is 19.4. The molecule has 3 aromatic rings. The van der Waals surface area contributed by atoms with Crippen LogP contribution in [0.1, 0.15) is 15.9 Å². The summed E-state index contributed by atoms with van der Waals surface area (Å²) in [4.78, 5) is 20.5. The molecule has 0 aliphatic heterocycles. The number of hydrogen-bond acceptors (Lipinski definition) is 4. The number of nitrogens with two attached hydrogens (primary N) is 1. The second-order valence-corrected chi connectivity index (χ2v) is 6.66. The van der Waals surface area contributed by atoms with Gasteiger partial charge in [0.1, 0.15) is 11.5 Å². The van der Waals surface area contributed by atoms with Crippen molar-refractivity contribution in [3.8, 4) is 11.1 Å². The Morgan fingerprint density at radius 2 is 1.80 bits per heavy atom. The number of nitrogens with one attached hydrogen (secondary N) is 1. The number of allylic oxidation sites excluding steroid dienone is 1. The van der Waals surface area contributed by atoms with Gasteiger partial charge in [0.2, 0.25) is 0 Å². The lowest BCUT2D eigenvalue weighted by atomic mass is 10.0. The third-order valence-electron chi connectivity index (χ3n) is 4.43. The molecule has 8 heteroatoms. The van der Waals surface area contributed by atoms with Crippen LogP contribution in [0.3, 0.4) is 0 Å². The van der Waals surface area contributed by atoms with Gasteiger partial charge in [0.15, 0.2) is 0 Å². The second kappa shape index (κ2) is 8.36. The molecule has 154 valence electrons. The first-order chi connectivity index (χ1) is 14.2. The van der Waals surface area contributed by atoms with Crippen LogP contribution in [0, 0.1) is 6.92 Å². The molecular weight excluding hydrogens is 393 g/mol. The molecule has 0 fully saturated rings. The average Bonchev–Trinajstić information content (AvgIpc) is 2.72. The summed E-state index contributed by atoms with van der Waals surface area (Å²) in [5, 5.41) is 3.15. The highest BCUT2D eigenvalue weighted by Gasteiger charge is 2.31. The number of aryl methyl sites for hydroxylation is 1. The molecule has 0 radical (unpaired) electrons. The van der Waals surface area contributed by atoms with Crippen molar-refractivity contribution in [2.45, 2.75) is 13.1 Å². The van der Waals surface area contributed by atoms with E-state index in [1.165, 1.54) is 7.05 Å². The van der Waals surface area contributed by atoms with Crippen molar-refractivity contribution in [3.05, 3.63) is 77.6 Å². The van der Waals surface area contributed by atoms with E-state index in [1.807, 2.05) is 37.3 Å². The van der Waals surface area contributed by atoms with E-state index < -0.39 is 17.8 Å². The molecule has 0 aliphatic rings. The van der Waals surface area contributed by atoms with Gasteiger partial charge in [-0.3, -0.25) is 14.8 Å². The maximum absolute atomic E-state index is 12.6. The zero-order valence-corrected chi connectivity index (χ0v) is 16.3. The highest BCUT2D eigenvalue weighted by Crippen LogP contribution is 2.24. The molecule has 0 atom stereocenters. The normalized spacial score (nSPS) is 12.8. The minimum atomic E-state index is -4.71. The van der Waals surface area contributed by atoms with Gasteiger partial charge in [-0.2, -0.15) is 13.2 Å². The van der Waals surface area contributed by atoms with Gasteiger partial charge >= 0.3 is 6.18 Å². The average molecular weight is 412 g/mol. The fraction of sp³-hybridized carbons (Fsp3) is 0.136. The fourth-order valence-electron chi connectivity index (χ4n) is 2.74. The Kier molecular flexibility index (Phi) is 5.86. The van der Waals surface area contributed by atoms with Crippen molar-refractivity contribution >= 4 is 22.6 Å². The number of hydrogen-bond donors (Lipinski definition) is 2. The predicted octanol–water partition coefficient (Wildman–Crippen LogP) is 4.37. The van der Waals surface area contributed by atoms with Gasteiger partial charge in [-0.1, -0.05) is 35.9 Å². The lowest BCUT2D eigenvalue weighted by molar-refractivity contribution is -0.0925.